The normalized spacial score (nSPS) is 14.1. The minimum absolute atomic E-state index is 0.0271. The number of pyridine rings is 5. The van der Waals surface area contributed by atoms with Crippen molar-refractivity contribution in [1.29, 1.82) is 0 Å². The Hall–Kier alpha value is -9.53. The number of thiophene rings is 3. The third-order valence-electron chi connectivity index (χ3n) is 16.2. The van der Waals surface area contributed by atoms with Crippen LogP contribution in [0.25, 0.3) is 65.2 Å². The van der Waals surface area contributed by atoms with E-state index in [1.54, 1.807) is 35.1 Å². The van der Waals surface area contributed by atoms with Crippen LogP contribution in [0.4, 0.5) is 17.5 Å². The molecule has 0 unspecified atom stereocenters. The number of rotatable bonds is 20. The molecule has 11 aromatic heterocycles. The maximum Gasteiger partial charge on any atom is 0.255 e. The molecule has 0 spiro atoms. The molecular formula is C68H72N18O8S4. The zero-order valence-corrected chi connectivity index (χ0v) is 57.5. The summed E-state index contributed by atoms with van der Waals surface area (Å²) in [6.45, 7) is 11.2. The van der Waals surface area contributed by atoms with Crippen molar-refractivity contribution in [3.05, 3.63) is 166 Å². The van der Waals surface area contributed by atoms with E-state index in [1.807, 2.05) is 110 Å². The van der Waals surface area contributed by atoms with Crippen LogP contribution in [0, 0.1) is 6.92 Å². The standard InChI is InChI=1S/C25H26N6O2S.C23H22N6O2S.C20H24N6O4S2/c1-17-15-18(6-9-26-17)7-10-30(2)25(32)19-16-34-24-21(19)23(31-11-13-33-14-12-31)28-22(29-24)20-5-3-4-8-27-20;30-22(26-9-6-16-4-3-7-24-14-16)17-15-32-23-19(17)21(29-10-12-31-13-11-29)27-20(28-23)18-5-1-2-8-25-18;1-21-32(28,29)12-4-7-23-19(27)14-13-31-20-16(14)18(26-8-10-30-11-9-26)24-17(25-20)15-5-2-3-6-22-15/h3-6,8-9,15-16H,7,10-14H2,1-2H3;1-5,7-8,14-15H,6,9-13H2,(H,26,30);2-3,5-6,13,21H,4,7-12H2,1H3,(H,23,27). The Balaban J connectivity index is 0.000000140. The third kappa shape index (κ3) is 16.9. The maximum absolute atomic E-state index is 13.5. The first kappa shape index (κ1) is 68.4. The number of hydrogen-bond donors (Lipinski definition) is 3. The Kier molecular flexibility index (Phi) is 22.8. The number of likely N-dealkylation sites (N-methyl/N-ethyl adjacent to an activating group) is 1. The molecule has 0 bridgehead atoms. The minimum Gasteiger partial charge on any atom is -0.378 e. The SMILES string of the molecule is CNS(=O)(=O)CCCNC(=O)c1csc2nc(-c3ccccn3)nc(N3CCOCC3)c12.Cc1cc(CCN(C)C(=O)c2csc3nc(-c4ccccn4)nc(N4CCOCC4)c23)ccn1.O=C(NCCc1cccnc1)c1csc2nc(-c3ccccn3)nc(N3CCOCC3)c12. The number of aromatic nitrogens is 11. The average Bonchev–Trinajstić information content (AvgIpc) is 1.57. The van der Waals surface area contributed by atoms with Crippen molar-refractivity contribution in [1.82, 2.24) is 75.1 Å². The predicted molar refractivity (Wildman–Crippen MR) is 381 cm³/mol. The fraction of sp³-hybridized carbons (Fsp3) is 0.324. The van der Waals surface area contributed by atoms with Crippen molar-refractivity contribution in [2.75, 3.05) is 133 Å². The smallest absolute Gasteiger partial charge is 0.255 e. The van der Waals surface area contributed by atoms with E-state index in [9.17, 15) is 22.8 Å². The lowest BCUT2D eigenvalue weighted by molar-refractivity contribution is 0.0798. The number of carbonyl (C=O) groups excluding carboxylic acids is 3. The van der Waals surface area contributed by atoms with Crippen LogP contribution in [0.3, 0.4) is 0 Å². The molecule has 0 aromatic carbocycles. The zero-order chi connectivity index (χ0) is 67.8. The van der Waals surface area contributed by atoms with E-state index >= 15 is 0 Å². The topological polar surface area (TPSA) is 304 Å². The number of ether oxygens (including phenoxy) is 3. The number of fused-ring (bicyclic) bond motifs is 3. The summed E-state index contributed by atoms with van der Waals surface area (Å²) in [6.07, 6.45) is 12.3. The van der Waals surface area contributed by atoms with Crippen molar-refractivity contribution in [3.8, 4) is 34.6 Å². The number of nitrogens with zero attached hydrogens (tertiary/aromatic N) is 15. The highest BCUT2D eigenvalue weighted by Crippen LogP contribution is 2.38. The van der Waals surface area contributed by atoms with Gasteiger partial charge in [0, 0.05) is 125 Å². The van der Waals surface area contributed by atoms with Gasteiger partial charge in [-0.25, -0.2) is 43.0 Å². The van der Waals surface area contributed by atoms with Crippen LogP contribution < -0.4 is 30.1 Å². The van der Waals surface area contributed by atoms with Crippen LogP contribution in [-0.2, 0) is 37.1 Å². The van der Waals surface area contributed by atoms with Gasteiger partial charge in [0.15, 0.2) is 17.5 Å². The molecule has 3 amide bonds. The van der Waals surface area contributed by atoms with Gasteiger partial charge in [-0.05, 0) is 99.0 Å². The number of amides is 3. The number of carbonyl (C=O) groups is 3. The Morgan fingerprint density at radius 1 is 0.531 bits per heavy atom. The number of sulfonamides is 1. The summed E-state index contributed by atoms with van der Waals surface area (Å²) in [4.78, 5) is 100. The summed E-state index contributed by atoms with van der Waals surface area (Å²) in [5.74, 6) is 3.38. The van der Waals surface area contributed by atoms with Gasteiger partial charge >= 0.3 is 0 Å². The lowest BCUT2D eigenvalue weighted by Crippen LogP contribution is -2.37. The summed E-state index contributed by atoms with van der Waals surface area (Å²) < 4.78 is 41.9. The van der Waals surface area contributed by atoms with Crippen molar-refractivity contribution in [2.45, 2.75) is 26.2 Å². The highest BCUT2D eigenvalue weighted by atomic mass is 32.2. The molecule has 3 aliphatic heterocycles. The highest BCUT2D eigenvalue weighted by Gasteiger charge is 2.29. The van der Waals surface area contributed by atoms with Crippen LogP contribution in [0.5, 0.6) is 0 Å². The van der Waals surface area contributed by atoms with Gasteiger partial charge in [0.05, 0.1) is 78.2 Å². The van der Waals surface area contributed by atoms with E-state index in [0.717, 1.165) is 56.2 Å². The van der Waals surface area contributed by atoms with E-state index in [1.165, 1.54) is 46.6 Å². The lowest BCUT2D eigenvalue weighted by Gasteiger charge is -2.29. The first-order chi connectivity index (χ1) is 47.9. The Labute approximate surface area is 578 Å². The molecule has 26 nitrogen and oxygen atoms in total. The molecule has 3 N–H and O–H groups in total. The Bertz CT molecular complexity index is 4640. The van der Waals surface area contributed by atoms with E-state index in [-0.39, 0.29) is 30.0 Å². The van der Waals surface area contributed by atoms with Crippen molar-refractivity contribution < 1.29 is 37.0 Å². The number of anilines is 3. The van der Waals surface area contributed by atoms with Crippen molar-refractivity contribution >= 4 is 110 Å². The lowest BCUT2D eigenvalue weighted by atomic mass is 10.1. The highest BCUT2D eigenvalue weighted by molar-refractivity contribution is 7.89. The van der Waals surface area contributed by atoms with Crippen LogP contribution in [0.2, 0.25) is 0 Å². The third-order valence-corrected chi connectivity index (χ3v) is 20.3. The molecule has 30 heteroatoms. The first-order valence-electron chi connectivity index (χ1n) is 32.0. The predicted octanol–water partition coefficient (Wildman–Crippen LogP) is 7.82. The fourth-order valence-electron chi connectivity index (χ4n) is 11.1. The first-order valence-corrected chi connectivity index (χ1v) is 36.3. The molecule has 14 heterocycles. The molecule has 506 valence electrons. The van der Waals surface area contributed by atoms with E-state index < -0.39 is 10.0 Å². The number of aryl methyl sites for hydroxylation is 1. The molecule has 0 saturated carbocycles. The molecule has 98 heavy (non-hydrogen) atoms. The summed E-state index contributed by atoms with van der Waals surface area (Å²) >= 11 is 4.29. The summed E-state index contributed by atoms with van der Waals surface area (Å²) in [7, 11) is -0.0845. The second-order valence-corrected chi connectivity index (χ2v) is 27.4. The van der Waals surface area contributed by atoms with Gasteiger partial charge in [-0.3, -0.25) is 39.3 Å². The molecular weight excluding hydrogens is 1330 g/mol. The van der Waals surface area contributed by atoms with Gasteiger partial charge in [-0.1, -0.05) is 24.3 Å². The van der Waals surface area contributed by atoms with Gasteiger partial charge in [0.1, 0.15) is 49.0 Å². The number of nitrogens with one attached hydrogen (secondary N) is 3. The van der Waals surface area contributed by atoms with Gasteiger partial charge in [-0.2, -0.15) is 0 Å². The Morgan fingerprint density at radius 2 is 0.990 bits per heavy atom. The maximum atomic E-state index is 13.5. The summed E-state index contributed by atoms with van der Waals surface area (Å²) in [6, 6.07) is 24.9. The molecule has 0 aliphatic carbocycles. The van der Waals surface area contributed by atoms with E-state index in [4.69, 9.17) is 39.1 Å². The Morgan fingerprint density at radius 3 is 1.42 bits per heavy atom. The quantitative estimate of drug-likeness (QED) is 0.0612. The molecule has 0 atom stereocenters. The average molecular weight is 1400 g/mol. The second-order valence-electron chi connectivity index (χ2n) is 22.8. The van der Waals surface area contributed by atoms with Crippen LogP contribution >= 0.6 is 34.0 Å². The number of hydrogen-bond acceptors (Lipinski definition) is 25. The minimum atomic E-state index is -3.30. The zero-order valence-electron chi connectivity index (χ0n) is 54.2. The monoisotopic (exact) mass is 1400 g/mol. The molecule has 0 radical (unpaired) electrons. The van der Waals surface area contributed by atoms with Gasteiger partial charge in [0.2, 0.25) is 10.0 Å². The molecule has 3 aliphatic rings. The largest absolute Gasteiger partial charge is 0.378 e. The van der Waals surface area contributed by atoms with E-state index in [0.29, 0.717) is 166 Å². The second kappa shape index (κ2) is 32.7. The van der Waals surface area contributed by atoms with Crippen LogP contribution in [0.15, 0.2) is 132 Å². The summed E-state index contributed by atoms with van der Waals surface area (Å²) in [5.41, 5.74) is 7.04. The van der Waals surface area contributed by atoms with E-state index in [2.05, 4.69) is 66.0 Å². The van der Waals surface area contributed by atoms with Gasteiger partial charge < -0.3 is 44.4 Å². The van der Waals surface area contributed by atoms with Gasteiger partial charge in [0.25, 0.3) is 17.7 Å². The van der Waals surface area contributed by atoms with Crippen molar-refractivity contribution in [3.63, 3.8) is 0 Å². The molecule has 14 rings (SSSR count). The number of morpholine rings is 3. The molecule has 11 aromatic rings. The van der Waals surface area contributed by atoms with Crippen LogP contribution in [-0.4, -0.2) is 204 Å². The fourth-order valence-corrected chi connectivity index (χ4v) is 14.5. The van der Waals surface area contributed by atoms with Crippen molar-refractivity contribution in [2.24, 2.45) is 0 Å². The molecule has 3 fully saturated rings. The molecule has 3 saturated heterocycles. The van der Waals surface area contributed by atoms with Gasteiger partial charge in [-0.15, -0.1) is 34.0 Å². The van der Waals surface area contributed by atoms with Crippen LogP contribution in [0.1, 0.15) is 54.3 Å². The summed E-state index contributed by atoms with van der Waals surface area (Å²) in [5, 5.41) is 13.7.